The summed E-state index contributed by atoms with van der Waals surface area (Å²) in [4.78, 5) is 0. The molecule has 0 nitrogen and oxygen atoms in total. The van der Waals surface area contributed by atoms with Crippen molar-refractivity contribution in [1.29, 1.82) is 0 Å². The van der Waals surface area contributed by atoms with E-state index in [0.29, 0.717) is 0 Å². The highest BCUT2D eigenvalue weighted by molar-refractivity contribution is 6.19. The topological polar surface area (TPSA) is 0 Å². The summed E-state index contributed by atoms with van der Waals surface area (Å²) in [5.41, 5.74) is 2.51. The molecule has 0 spiro atoms. The van der Waals surface area contributed by atoms with Crippen LogP contribution in [0.15, 0.2) is 133 Å². The SMILES string of the molecule is c1ccc2c(c1)ccc1c3ccc(-c4ccc5ccc6c7ccccc7ccc6c5c4)cc3ccc21. The van der Waals surface area contributed by atoms with Crippen LogP contribution < -0.4 is 0 Å². The molecule has 0 heteroatoms. The summed E-state index contributed by atoms with van der Waals surface area (Å²) in [6.45, 7) is 0. The second-order valence-electron chi connectivity index (χ2n) is 9.77. The molecule has 0 aromatic heterocycles. The minimum atomic E-state index is 1.25. The summed E-state index contributed by atoms with van der Waals surface area (Å²) in [5.74, 6) is 0. The third kappa shape index (κ3) is 2.82. The molecule has 0 aliphatic heterocycles. The minimum absolute atomic E-state index is 1.25. The van der Waals surface area contributed by atoms with E-state index >= 15 is 0 Å². The molecule has 0 amide bonds. The van der Waals surface area contributed by atoms with E-state index in [1.54, 1.807) is 0 Å². The Bertz CT molecular complexity index is 2150. The van der Waals surface area contributed by atoms with Gasteiger partial charge in [-0.25, -0.2) is 0 Å². The molecule has 0 N–H and O–H groups in total. The van der Waals surface area contributed by atoms with Crippen LogP contribution in [0.2, 0.25) is 0 Å². The molecule has 0 aliphatic carbocycles. The van der Waals surface area contributed by atoms with Gasteiger partial charge in [0.25, 0.3) is 0 Å². The number of hydrogen-bond acceptors (Lipinski definition) is 0. The van der Waals surface area contributed by atoms with Gasteiger partial charge in [0, 0.05) is 0 Å². The fourth-order valence-corrected chi connectivity index (χ4v) is 6.01. The van der Waals surface area contributed by atoms with Gasteiger partial charge in [-0.05, 0) is 87.9 Å². The third-order valence-electron chi connectivity index (χ3n) is 7.82. The number of hydrogen-bond donors (Lipinski definition) is 0. The lowest BCUT2D eigenvalue weighted by Gasteiger charge is -2.11. The lowest BCUT2D eigenvalue weighted by molar-refractivity contribution is 1.69. The van der Waals surface area contributed by atoms with Gasteiger partial charge in [-0.2, -0.15) is 0 Å². The maximum atomic E-state index is 2.36. The van der Waals surface area contributed by atoms with Crippen LogP contribution in [0, 0.1) is 0 Å². The Morgan fingerprint density at radius 3 is 1.25 bits per heavy atom. The first kappa shape index (κ1) is 19.6. The average molecular weight is 455 g/mol. The Labute approximate surface area is 209 Å². The zero-order chi connectivity index (χ0) is 23.6. The number of rotatable bonds is 1. The first-order valence-electron chi connectivity index (χ1n) is 12.5. The monoisotopic (exact) mass is 454 g/mol. The van der Waals surface area contributed by atoms with E-state index in [9.17, 15) is 0 Å². The van der Waals surface area contributed by atoms with Crippen LogP contribution in [-0.2, 0) is 0 Å². The van der Waals surface area contributed by atoms with E-state index in [0.717, 1.165) is 0 Å². The Kier molecular flexibility index (Phi) is 4.03. The second-order valence-corrected chi connectivity index (χ2v) is 9.77. The van der Waals surface area contributed by atoms with Crippen molar-refractivity contribution in [2.45, 2.75) is 0 Å². The van der Waals surface area contributed by atoms with Crippen LogP contribution >= 0.6 is 0 Å². The van der Waals surface area contributed by atoms with E-state index < -0.39 is 0 Å². The van der Waals surface area contributed by atoms with Crippen LogP contribution in [0.5, 0.6) is 0 Å². The van der Waals surface area contributed by atoms with Crippen LogP contribution in [0.3, 0.4) is 0 Å². The summed E-state index contributed by atoms with van der Waals surface area (Å²) in [5, 5.41) is 15.6. The lowest BCUT2D eigenvalue weighted by Crippen LogP contribution is -1.85. The van der Waals surface area contributed by atoms with Crippen LogP contribution in [-0.4, -0.2) is 0 Å². The first-order chi connectivity index (χ1) is 17.8. The van der Waals surface area contributed by atoms with Crippen molar-refractivity contribution in [3.63, 3.8) is 0 Å². The highest BCUT2D eigenvalue weighted by Gasteiger charge is 2.09. The summed E-state index contributed by atoms with van der Waals surface area (Å²) in [6.07, 6.45) is 0. The highest BCUT2D eigenvalue weighted by Crippen LogP contribution is 2.36. The third-order valence-corrected chi connectivity index (χ3v) is 7.82. The summed E-state index contributed by atoms with van der Waals surface area (Å²) >= 11 is 0. The van der Waals surface area contributed by atoms with Gasteiger partial charge in [-0.3, -0.25) is 0 Å². The molecule has 8 aromatic rings. The van der Waals surface area contributed by atoms with Crippen molar-refractivity contribution in [2.24, 2.45) is 0 Å². The van der Waals surface area contributed by atoms with E-state index in [4.69, 9.17) is 0 Å². The Morgan fingerprint density at radius 1 is 0.222 bits per heavy atom. The normalized spacial score (nSPS) is 11.9. The minimum Gasteiger partial charge on any atom is -0.0616 e. The fourth-order valence-electron chi connectivity index (χ4n) is 6.01. The number of fused-ring (bicyclic) bond motifs is 10. The predicted molar refractivity (Wildman–Crippen MR) is 157 cm³/mol. The molecule has 0 fully saturated rings. The van der Waals surface area contributed by atoms with Crippen molar-refractivity contribution in [1.82, 2.24) is 0 Å². The van der Waals surface area contributed by atoms with Crippen molar-refractivity contribution in [3.8, 4) is 11.1 Å². The smallest absolute Gasteiger partial charge is 0.00987 e. The van der Waals surface area contributed by atoms with Gasteiger partial charge in [0.2, 0.25) is 0 Å². The molecular weight excluding hydrogens is 432 g/mol. The highest BCUT2D eigenvalue weighted by atomic mass is 14.1. The van der Waals surface area contributed by atoms with Gasteiger partial charge < -0.3 is 0 Å². The van der Waals surface area contributed by atoms with E-state index in [2.05, 4.69) is 133 Å². The van der Waals surface area contributed by atoms with Crippen LogP contribution in [0.1, 0.15) is 0 Å². The average Bonchev–Trinajstić information content (AvgIpc) is 2.95. The molecule has 0 aliphatic rings. The molecule has 0 radical (unpaired) electrons. The molecule has 0 unspecified atom stereocenters. The van der Waals surface area contributed by atoms with Gasteiger partial charge in [0.15, 0.2) is 0 Å². The fraction of sp³-hybridized carbons (Fsp3) is 0. The Morgan fingerprint density at radius 2 is 0.611 bits per heavy atom. The zero-order valence-corrected chi connectivity index (χ0v) is 19.7. The quantitative estimate of drug-likeness (QED) is 0.216. The van der Waals surface area contributed by atoms with Crippen molar-refractivity contribution >= 4 is 64.6 Å². The molecule has 8 rings (SSSR count). The largest absolute Gasteiger partial charge is 0.0616 e. The molecule has 0 atom stereocenters. The first-order valence-corrected chi connectivity index (χ1v) is 12.5. The Balaban J connectivity index is 1.33. The van der Waals surface area contributed by atoms with Crippen LogP contribution in [0.25, 0.3) is 75.8 Å². The molecule has 36 heavy (non-hydrogen) atoms. The maximum Gasteiger partial charge on any atom is -0.00987 e. The number of benzene rings is 8. The summed E-state index contributed by atoms with van der Waals surface area (Å²) in [6, 6.07) is 49.2. The van der Waals surface area contributed by atoms with Gasteiger partial charge >= 0.3 is 0 Å². The van der Waals surface area contributed by atoms with Crippen LogP contribution in [0.4, 0.5) is 0 Å². The summed E-state index contributed by atoms with van der Waals surface area (Å²) in [7, 11) is 0. The predicted octanol–water partition coefficient (Wildman–Crippen LogP) is 10.3. The van der Waals surface area contributed by atoms with Crippen molar-refractivity contribution in [3.05, 3.63) is 133 Å². The molecule has 0 bridgehead atoms. The molecule has 8 aromatic carbocycles. The van der Waals surface area contributed by atoms with Gasteiger partial charge in [0.05, 0.1) is 0 Å². The van der Waals surface area contributed by atoms with Crippen molar-refractivity contribution in [2.75, 3.05) is 0 Å². The van der Waals surface area contributed by atoms with Gasteiger partial charge in [0.1, 0.15) is 0 Å². The zero-order valence-electron chi connectivity index (χ0n) is 19.7. The standard InChI is InChI=1S/C36H22/c1-3-7-29-23(5-1)11-17-34-31-16-14-26(21-28(31)15-20-32(29)34)27-10-9-25-13-18-33-30-8-4-2-6-24(30)12-19-35(33)36(25)22-27/h1-22H. The molecule has 166 valence electrons. The van der Waals surface area contributed by atoms with Gasteiger partial charge in [-0.1, -0.05) is 121 Å². The maximum absolute atomic E-state index is 2.36. The molecule has 0 saturated heterocycles. The molecule has 0 saturated carbocycles. The summed E-state index contributed by atoms with van der Waals surface area (Å²) < 4.78 is 0. The Hall–Kier alpha value is -4.68. The molecular formula is C36H22. The lowest BCUT2D eigenvalue weighted by atomic mass is 9.92. The van der Waals surface area contributed by atoms with E-state index in [1.807, 2.05) is 0 Å². The van der Waals surface area contributed by atoms with E-state index in [1.165, 1.54) is 75.8 Å². The van der Waals surface area contributed by atoms with Gasteiger partial charge in [-0.15, -0.1) is 0 Å². The van der Waals surface area contributed by atoms with E-state index in [-0.39, 0.29) is 0 Å². The second kappa shape index (κ2) is 7.41. The molecule has 0 heterocycles. The van der Waals surface area contributed by atoms with Crippen molar-refractivity contribution < 1.29 is 0 Å².